The number of hydrogen-bond acceptors (Lipinski definition) is 4. The van der Waals surface area contributed by atoms with Gasteiger partial charge < -0.3 is 0 Å². The van der Waals surface area contributed by atoms with Gasteiger partial charge >= 0.3 is 0 Å². The Bertz CT molecular complexity index is 1160. The van der Waals surface area contributed by atoms with E-state index in [2.05, 4.69) is 11.6 Å². The summed E-state index contributed by atoms with van der Waals surface area (Å²) in [4.78, 5) is 25.7. The van der Waals surface area contributed by atoms with Crippen molar-refractivity contribution in [3.63, 3.8) is 0 Å². The van der Waals surface area contributed by atoms with Gasteiger partial charge in [0.15, 0.2) is 11.6 Å². The summed E-state index contributed by atoms with van der Waals surface area (Å²) in [5.41, 5.74) is 1.09. The minimum atomic E-state index is -3.75. The third kappa shape index (κ3) is 8.88. The molecule has 0 saturated carbocycles. The number of carbonyl (C=O) groups excluding carboxylic acids is 2. The minimum Gasteiger partial charge on any atom is -0.289 e. The molecule has 0 unspecified atom stereocenters. The summed E-state index contributed by atoms with van der Waals surface area (Å²) < 4.78 is 28.3. The highest BCUT2D eigenvalue weighted by atomic mass is 32.2. The van der Waals surface area contributed by atoms with Crippen molar-refractivity contribution in [3.05, 3.63) is 64.7 Å². The number of carbonyl (C=O) groups is 2. The number of unbranched alkanes of at least 4 members (excludes halogenated alkanes) is 15. The Morgan fingerprint density at radius 3 is 1.47 bits per heavy atom. The maximum Gasteiger partial charge on any atom is 0.240 e. The van der Waals surface area contributed by atoms with Gasteiger partial charge in [0.1, 0.15) is 0 Å². The number of rotatable bonds is 19. The van der Waals surface area contributed by atoms with E-state index in [0.717, 1.165) is 19.3 Å². The number of ketones is 2. The third-order valence-electron chi connectivity index (χ3n) is 7.53. The highest BCUT2D eigenvalue weighted by Crippen LogP contribution is 2.29. The largest absolute Gasteiger partial charge is 0.289 e. The van der Waals surface area contributed by atoms with Crippen LogP contribution in [0.25, 0.3) is 0 Å². The Hall–Kier alpha value is -2.31. The second-order valence-electron chi connectivity index (χ2n) is 10.6. The molecule has 0 aromatic heterocycles. The highest BCUT2D eigenvalue weighted by molar-refractivity contribution is 7.89. The molecule has 0 bridgehead atoms. The maximum absolute atomic E-state index is 12.9. The monoisotopic (exact) mass is 539 g/mol. The fourth-order valence-corrected chi connectivity index (χ4v) is 6.31. The molecule has 208 valence electrons. The van der Waals surface area contributed by atoms with E-state index in [-0.39, 0.29) is 27.6 Å². The van der Waals surface area contributed by atoms with E-state index in [1.807, 2.05) is 0 Å². The fourth-order valence-electron chi connectivity index (χ4n) is 5.21. The number of benzene rings is 2. The lowest BCUT2D eigenvalue weighted by Crippen LogP contribution is -2.26. The molecular formula is C32H45NO4S. The van der Waals surface area contributed by atoms with Crippen molar-refractivity contribution in [2.75, 3.05) is 6.54 Å². The van der Waals surface area contributed by atoms with Crippen LogP contribution in [0.2, 0.25) is 0 Å². The molecule has 0 amide bonds. The summed E-state index contributed by atoms with van der Waals surface area (Å²) >= 11 is 0. The van der Waals surface area contributed by atoms with Crippen LogP contribution in [0.3, 0.4) is 0 Å². The summed E-state index contributed by atoms with van der Waals surface area (Å²) in [7, 11) is -3.75. The van der Waals surface area contributed by atoms with E-state index < -0.39 is 10.0 Å². The molecule has 1 N–H and O–H groups in total. The van der Waals surface area contributed by atoms with Crippen LogP contribution < -0.4 is 4.72 Å². The van der Waals surface area contributed by atoms with E-state index in [0.29, 0.717) is 17.7 Å². The van der Waals surface area contributed by atoms with Gasteiger partial charge in [-0.2, -0.15) is 0 Å². The molecule has 0 aliphatic heterocycles. The quantitative estimate of drug-likeness (QED) is 0.157. The van der Waals surface area contributed by atoms with Crippen LogP contribution in [0.1, 0.15) is 141 Å². The lowest BCUT2D eigenvalue weighted by molar-refractivity contribution is 0.0979. The Morgan fingerprint density at radius 2 is 0.974 bits per heavy atom. The Morgan fingerprint density at radius 1 is 0.553 bits per heavy atom. The molecule has 0 fully saturated rings. The number of fused-ring (bicyclic) bond motifs is 2. The standard InChI is InChI=1S/C32H45NO4S/c1-2-3-4-5-6-7-8-9-10-11-12-13-14-15-16-19-24-33-38(36,37)26-22-23-29-30(25-26)32(35)28-21-18-17-20-27(28)31(29)34/h17-18,20-23,25,33H,2-16,19,24H2,1H3. The molecule has 0 heterocycles. The minimum absolute atomic E-state index is 0.0216. The Kier molecular flexibility index (Phi) is 12.7. The van der Waals surface area contributed by atoms with Crippen molar-refractivity contribution in [2.24, 2.45) is 0 Å². The first-order chi connectivity index (χ1) is 18.5. The zero-order chi connectivity index (χ0) is 27.2. The molecule has 0 spiro atoms. The summed E-state index contributed by atoms with van der Waals surface area (Å²) in [6.07, 6.45) is 20.4. The van der Waals surface area contributed by atoms with Crippen molar-refractivity contribution in [1.82, 2.24) is 4.72 Å². The first-order valence-electron chi connectivity index (χ1n) is 14.8. The van der Waals surface area contributed by atoms with Gasteiger partial charge in [0.05, 0.1) is 4.90 Å². The van der Waals surface area contributed by atoms with Gasteiger partial charge in [0.2, 0.25) is 10.0 Å². The normalized spacial score (nSPS) is 13.0. The molecule has 0 saturated heterocycles. The summed E-state index contributed by atoms with van der Waals surface area (Å²) in [5, 5.41) is 0. The first-order valence-corrected chi connectivity index (χ1v) is 16.3. The van der Waals surface area contributed by atoms with E-state index >= 15 is 0 Å². The summed E-state index contributed by atoms with van der Waals surface area (Å²) in [5.74, 6) is -0.565. The Balaban J connectivity index is 1.27. The third-order valence-corrected chi connectivity index (χ3v) is 8.99. The number of nitrogens with one attached hydrogen (secondary N) is 1. The van der Waals surface area contributed by atoms with Crippen LogP contribution in [-0.2, 0) is 10.0 Å². The number of hydrogen-bond donors (Lipinski definition) is 1. The first kappa shape index (κ1) is 30.2. The van der Waals surface area contributed by atoms with E-state index in [4.69, 9.17) is 0 Å². The van der Waals surface area contributed by atoms with Crippen LogP contribution in [-0.4, -0.2) is 26.5 Å². The topological polar surface area (TPSA) is 80.3 Å². The van der Waals surface area contributed by atoms with Crippen LogP contribution >= 0.6 is 0 Å². The lowest BCUT2D eigenvalue weighted by atomic mass is 9.84. The van der Waals surface area contributed by atoms with Crippen molar-refractivity contribution >= 4 is 21.6 Å². The second-order valence-corrected chi connectivity index (χ2v) is 12.4. The fraction of sp³-hybridized carbons (Fsp3) is 0.562. The summed E-state index contributed by atoms with van der Waals surface area (Å²) in [6.45, 7) is 2.63. The molecular weight excluding hydrogens is 494 g/mol. The highest BCUT2D eigenvalue weighted by Gasteiger charge is 2.30. The zero-order valence-corrected chi connectivity index (χ0v) is 23.9. The second kappa shape index (κ2) is 15.9. The predicted octanol–water partition coefficient (Wildman–Crippen LogP) is 8.00. The molecule has 6 heteroatoms. The molecule has 0 radical (unpaired) electrons. The average molecular weight is 540 g/mol. The Labute approximate surface area is 229 Å². The number of sulfonamides is 1. The van der Waals surface area contributed by atoms with Crippen molar-refractivity contribution in [1.29, 1.82) is 0 Å². The van der Waals surface area contributed by atoms with Gasteiger partial charge in [-0.05, 0) is 24.6 Å². The van der Waals surface area contributed by atoms with E-state index in [1.54, 1.807) is 24.3 Å². The molecule has 2 aromatic rings. The molecule has 1 aliphatic rings. The predicted molar refractivity (Wildman–Crippen MR) is 154 cm³/mol. The summed E-state index contributed by atoms with van der Waals surface area (Å²) in [6, 6.07) is 10.9. The molecule has 1 aliphatic carbocycles. The van der Waals surface area contributed by atoms with Gasteiger partial charge in [-0.1, -0.05) is 128 Å². The molecule has 38 heavy (non-hydrogen) atoms. The van der Waals surface area contributed by atoms with Gasteiger partial charge in [-0.3, -0.25) is 9.59 Å². The molecule has 5 nitrogen and oxygen atoms in total. The van der Waals surface area contributed by atoms with Gasteiger partial charge in [-0.25, -0.2) is 13.1 Å². The SMILES string of the molecule is CCCCCCCCCCCCCCCCCCNS(=O)(=O)c1ccc2c(c1)C(=O)c1ccccc1C2=O. The lowest BCUT2D eigenvalue weighted by Gasteiger charge is -2.18. The van der Waals surface area contributed by atoms with E-state index in [1.165, 1.54) is 102 Å². The average Bonchev–Trinajstić information content (AvgIpc) is 2.93. The van der Waals surface area contributed by atoms with Crippen LogP contribution in [0, 0.1) is 0 Å². The van der Waals surface area contributed by atoms with Crippen LogP contribution in [0.5, 0.6) is 0 Å². The molecule has 0 atom stereocenters. The van der Waals surface area contributed by atoms with Gasteiger partial charge in [0.25, 0.3) is 0 Å². The van der Waals surface area contributed by atoms with E-state index in [9.17, 15) is 18.0 Å². The van der Waals surface area contributed by atoms with Crippen molar-refractivity contribution < 1.29 is 18.0 Å². The smallest absolute Gasteiger partial charge is 0.240 e. The van der Waals surface area contributed by atoms with Crippen LogP contribution in [0.15, 0.2) is 47.4 Å². The van der Waals surface area contributed by atoms with Crippen molar-refractivity contribution in [3.8, 4) is 0 Å². The van der Waals surface area contributed by atoms with Gasteiger partial charge in [-0.15, -0.1) is 0 Å². The zero-order valence-electron chi connectivity index (χ0n) is 23.1. The molecule has 2 aromatic carbocycles. The molecule has 3 rings (SSSR count). The van der Waals surface area contributed by atoms with Gasteiger partial charge in [0, 0.05) is 28.8 Å². The van der Waals surface area contributed by atoms with Crippen LogP contribution in [0.4, 0.5) is 0 Å². The maximum atomic E-state index is 12.9. The van der Waals surface area contributed by atoms with Crippen molar-refractivity contribution in [2.45, 2.75) is 115 Å².